The van der Waals surface area contributed by atoms with Gasteiger partial charge >= 0.3 is 11.9 Å². The van der Waals surface area contributed by atoms with E-state index in [0.717, 1.165) is 33.6 Å². The summed E-state index contributed by atoms with van der Waals surface area (Å²) in [4.78, 5) is 24.1. The molecular formula is C41H50N2O8. The van der Waals surface area contributed by atoms with E-state index in [1.165, 1.54) is 0 Å². The molecule has 4 N–H and O–H groups in total. The molecule has 0 aliphatic rings. The third-order valence-electron chi connectivity index (χ3n) is 8.56. The van der Waals surface area contributed by atoms with Crippen molar-refractivity contribution >= 4 is 23.3 Å². The van der Waals surface area contributed by atoms with Crippen LogP contribution < -0.4 is 20.1 Å². The predicted octanol–water partition coefficient (Wildman–Crippen LogP) is 6.69. The number of rotatable bonds is 18. The van der Waals surface area contributed by atoms with Gasteiger partial charge in [0, 0.05) is 29.9 Å². The summed E-state index contributed by atoms with van der Waals surface area (Å²) >= 11 is 0. The molecule has 0 aliphatic heterocycles. The van der Waals surface area contributed by atoms with Crippen molar-refractivity contribution in [2.45, 2.75) is 59.2 Å². The summed E-state index contributed by atoms with van der Waals surface area (Å²) in [7, 11) is 0. The maximum Gasteiger partial charge on any atom is 0.338 e. The van der Waals surface area contributed by atoms with Gasteiger partial charge in [0.2, 0.25) is 0 Å². The number of hydrogen-bond donors (Lipinski definition) is 4. The van der Waals surface area contributed by atoms with Gasteiger partial charge in [-0.1, -0.05) is 38.1 Å². The van der Waals surface area contributed by atoms with Crippen LogP contribution in [0.1, 0.15) is 70.7 Å². The number of esters is 2. The molecular weight excluding hydrogens is 648 g/mol. The second-order valence-corrected chi connectivity index (χ2v) is 12.9. The van der Waals surface area contributed by atoms with Gasteiger partial charge in [0.1, 0.15) is 36.9 Å². The quantitative estimate of drug-likeness (QED) is 0.0833. The molecule has 0 aliphatic carbocycles. The normalized spacial score (nSPS) is 12.4. The number of aliphatic hydroxyl groups excluding tert-OH is 2. The monoisotopic (exact) mass is 698 g/mol. The van der Waals surface area contributed by atoms with Crippen LogP contribution in [0.2, 0.25) is 0 Å². The van der Waals surface area contributed by atoms with E-state index >= 15 is 0 Å². The molecule has 0 heterocycles. The minimum atomic E-state index is -0.745. The van der Waals surface area contributed by atoms with Crippen molar-refractivity contribution in [3.8, 4) is 11.5 Å². The zero-order chi connectivity index (χ0) is 37.0. The molecule has 0 bridgehead atoms. The van der Waals surface area contributed by atoms with E-state index in [0.29, 0.717) is 35.8 Å². The summed E-state index contributed by atoms with van der Waals surface area (Å²) in [6, 6.07) is 26.4. The Hall–Kier alpha value is -5.06. The van der Waals surface area contributed by atoms with E-state index < -0.39 is 12.2 Å². The third-order valence-corrected chi connectivity index (χ3v) is 8.56. The molecule has 0 aromatic heterocycles. The van der Waals surface area contributed by atoms with E-state index in [9.17, 15) is 19.8 Å². The number of carbonyl (C=O) groups excluding carboxylic acids is 2. The average molecular weight is 699 g/mol. The lowest BCUT2D eigenvalue weighted by Gasteiger charge is -2.26. The summed E-state index contributed by atoms with van der Waals surface area (Å²) in [6.45, 7) is 13.0. The highest BCUT2D eigenvalue weighted by Gasteiger charge is 2.23. The van der Waals surface area contributed by atoms with Crippen molar-refractivity contribution in [1.29, 1.82) is 0 Å². The fourth-order valence-corrected chi connectivity index (χ4v) is 5.50. The first-order valence-corrected chi connectivity index (χ1v) is 17.3. The standard InChI is InChI=1S/C41H50N2O8/c1-7-48-39(46)37-19-13-31(21-27(37)3)42-23-33(44)25-50-35-15-9-29(10-16-35)41(5,6)30-11-17-36(18-12-30)51-26-34(45)24-43-32-14-20-38(28(4)22-32)40(47)49-8-2/h9-22,33-34,42-45H,7-8,23-26H2,1-6H3. The summed E-state index contributed by atoms with van der Waals surface area (Å²) in [5.74, 6) is 0.617. The molecule has 51 heavy (non-hydrogen) atoms. The van der Waals surface area contributed by atoms with Crippen LogP contribution in [0.4, 0.5) is 11.4 Å². The molecule has 0 spiro atoms. The van der Waals surface area contributed by atoms with Crippen LogP contribution in [0, 0.1) is 13.8 Å². The van der Waals surface area contributed by atoms with Crippen LogP contribution in [0.3, 0.4) is 0 Å². The minimum absolute atomic E-state index is 0.117. The highest BCUT2D eigenvalue weighted by molar-refractivity contribution is 5.92. The molecule has 2 unspecified atom stereocenters. The summed E-state index contributed by atoms with van der Waals surface area (Å²) in [5.41, 5.74) is 6.12. The smallest absolute Gasteiger partial charge is 0.338 e. The lowest BCUT2D eigenvalue weighted by Crippen LogP contribution is -2.26. The molecule has 0 saturated heterocycles. The zero-order valence-corrected chi connectivity index (χ0v) is 30.3. The SMILES string of the molecule is CCOC(=O)c1ccc(NCC(O)COc2ccc(C(C)(C)c3ccc(OCC(O)CNc4ccc(C(=O)OCC)c(C)c4)cc3)cc2)cc1C. The molecule has 4 aromatic carbocycles. The number of hydrogen-bond acceptors (Lipinski definition) is 10. The molecule has 4 rings (SSSR count). The predicted molar refractivity (Wildman–Crippen MR) is 199 cm³/mol. The molecule has 4 aromatic rings. The van der Waals surface area contributed by atoms with Crippen LogP contribution in [0.15, 0.2) is 84.9 Å². The first-order chi connectivity index (χ1) is 24.4. The van der Waals surface area contributed by atoms with Gasteiger partial charge < -0.3 is 39.8 Å². The molecule has 0 fully saturated rings. The molecule has 0 saturated carbocycles. The Morgan fingerprint density at radius 3 is 1.33 bits per heavy atom. The second kappa shape index (κ2) is 18.3. The molecule has 2 atom stereocenters. The van der Waals surface area contributed by atoms with Gasteiger partial charge in [-0.05, 0) is 111 Å². The Morgan fingerprint density at radius 2 is 1.00 bits per heavy atom. The maximum absolute atomic E-state index is 12.0. The number of anilines is 2. The highest BCUT2D eigenvalue weighted by Crippen LogP contribution is 2.33. The largest absolute Gasteiger partial charge is 0.491 e. The van der Waals surface area contributed by atoms with Crippen molar-refractivity contribution in [3.63, 3.8) is 0 Å². The van der Waals surface area contributed by atoms with E-state index in [2.05, 4.69) is 24.5 Å². The molecule has 272 valence electrons. The summed E-state index contributed by atoms with van der Waals surface area (Å²) < 4.78 is 21.9. The van der Waals surface area contributed by atoms with Crippen molar-refractivity contribution in [2.75, 3.05) is 50.2 Å². The van der Waals surface area contributed by atoms with Crippen LogP contribution in [0.5, 0.6) is 11.5 Å². The minimum Gasteiger partial charge on any atom is -0.491 e. The van der Waals surface area contributed by atoms with Gasteiger partial charge in [0.25, 0.3) is 0 Å². The van der Waals surface area contributed by atoms with E-state index in [-0.39, 0.29) is 43.7 Å². The molecule has 0 amide bonds. The van der Waals surface area contributed by atoms with Crippen molar-refractivity contribution < 1.29 is 38.7 Å². The third kappa shape index (κ3) is 11.0. The van der Waals surface area contributed by atoms with Crippen molar-refractivity contribution in [2.24, 2.45) is 0 Å². The Balaban J connectivity index is 1.21. The summed E-state index contributed by atoms with van der Waals surface area (Å²) in [5, 5.41) is 27.4. The number of aliphatic hydroxyl groups is 2. The molecule has 10 heteroatoms. The topological polar surface area (TPSA) is 136 Å². The summed E-state index contributed by atoms with van der Waals surface area (Å²) in [6.07, 6.45) is -1.49. The number of nitrogens with one attached hydrogen (secondary N) is 2. The average Bonchev–Trinajstić information content (AvgIpc) is 3.12. The molecule has 0 radical (unpaired) electrons. The van der Waals surface area contributed by atoms with E-state index in [1.807, 2.05) is 74.5 Å². The lowest BCUT2D eigenvalue weighted by atomic mass is 9.78. The first-order valence-electron chi connectivity index (χ1n) is 17.3. The number of benzene rings is 4. The maximum atomic E-state index is 12.0. The van der Waals surface area contributed by atoms with Crippen LogP contribution >= 0.6 is 0 Å². The van der Waals surface area contributed by atoms with Gasteiger partial charge in [0.15, 0.2) is 0 Å². The fraction of sp³-hybridized carbons (Fsp3) is 0.366. The van der Waals surface area contributed by atoms with Gasteiger partial charge in [-0.15, -0.1) is 0 Å². The zero-order valence-electron chi connectivity index (χ0n) is 30.3. The second-order valence-electron chi connectivity index (χ2n) is 12.9. The number of carbonyl (C=O) groups is 2. The van der Waals surface area contributed by atoms with Crippen LogP contribution in [-0.2, 0) is 14.9 Å². The van der Waals surface area contributed by atoms with Gasteiger partial charge in [0.05, 0.1) is 24.3 Å². The van der Waals surface area contributed by atoms with E-state index in [4.69, 9.17) is 18.9 Å². The Bertz CT molecular complexity index is 1610. The number of ether oxygens (including phenoxy) is 4. The van der Waals surface area contributed by atoms with Gasteiger partial charge in [-0.3, -0.25) is 0 Å². The first kappa shape index (κ1) is 38.7. The Morgan fingerprint density at radius 1 is 0.627 bits per heavy atom. The molecule has 10 nitrogen and oxygen atoms in total. The van der Waals surface area contributed by atoms with Crippen molar-refractivity contribution in [3.05, 3.63) is 118 Å². The highest BCUT2D eigenvalue weighted by atomic mass is 16.5. The van der Waals surface area contributed by atoms with Gasteiger partial charge in [-0.25, -0.2) is 9.59 Å². The lowest BCUT2D eigenvalue weighted by molar-refractivity contribution is 0.0516. The number of aryl methyl sites for hydroxylation is 2. The van der Waals surface area contributed by atoms with E-state index in [1.54, 1.807) is 38.1 Å². The Kier molecular flexibility index (Phi) is 13.9. The van der Waals surface area contributed by atoms with Crippen LogP contribution in [-0.4, -0.2) is 73.9 Å². The van der Waals surface area contributed by atoms with Gasteiger partial charge in [-0.2, -0.15) is 0 Å². The van der Waals surface area contributed by atoms with Crippen molar-refractivity contribution in [1.82, 2.24) is 0 Å². The Labute approximate surface area is 300 Å². The fourth-order valence-electron chi connectivity index (χ4n) is 5.50. The van der Waals surface area contributed by atoms with Crippen LogP contribution in [0.25, 0.3) is 0 Å².